The van der Waals surface area contributed by atoms with Gasteiger partial charge in [-0.15, -0.1) is 0 Å². The largest absolute Gasteiger partial charge is 0.385 e. The molecule has 0 aromatic rings. The van der Waals surface area contributed by atoms with E-state index in [1.165, 1.54) is 0 Å². The molecule has 0 radical (unpaired) electrons. The number of amides is 1. The van der Waals surface area contributed by atoms with E-state index < -0.39 is 0 Å². The molecule has 1 amide bonds. The zero-order chi connectivity index (χ0) is 11.7. The minimum absolute atomic E-state index is 0.0380. The molecule has 3 N–H and O–H groups in total. The van der Waals surface area contributed by atoms with E-state index in [1.54, 1.807) is 7.11 Å². The summed E-state index contributed by atoms with van der Waals surface area (Å²) in [7, 11) is 1.68. The van der Waals surface area contributed by atoms with Crippen LogP contribution >= 0.6 is 0 Å². The average molecular weight is 216 g/mol. The molecule has 0 heterocycles. The number of hydrogen-bond donors (Lipinski definition) is 2. The number of unbranched alkanes of at least 4 members (excludes halogenated alkanes) is 1. The molecule has 4 heteroatoms. The molecule has 0 aromatic carbocycles. The normalized spacial score (nSPS) is 12.9. The highest BCUT2D eigenvalue weighted by molar-refractivity contribution is 5.76. The van der Waals surface area contributed by atoms with Gasteiger partial charge in [0, 0.05) is 32.7 Å². The summed E-state index contributed by atoms with van der Waals surface area (Å²) in [5.74, 6) is 0.401. The molecule has 0 aliphatic carbocycles. The first-order chi connectivity index (χ1) is 7.07. The van der Waals surface area contributed by atoms with Gasteiger partial charge in [-0.25, -0.2) is 0 Å². The van der Waals surface area contributed by atoms with Crippen molar-refractivity contribution in [3.63, 3.8) is 0 Å². The lowest BCUT2D eigenvalue weighted by atomic mass is 10.0. The number of methoxy groups -OCH3 is 1. The summed E-state index contributed by atoms with van der Waals surface area (Å²) in [5.41, 5.74) is 5.79. The third-order valence-corrected chi connectivity index (χ3v) is 2.37. The first kappa shape index (κ1) is 14.4. The smallest absolute Gasteiger partial charge is 0.221 e. The van der Waals surface area contributed by atoms with Crippen molar-refractivity contribution >= 4 is 5.91 Å². The molecule has 0 saturated carbocycles. The molecule has 0 rings (SSSR count). The molecule has 0 aliphatic heterocycles. The van der Waals surface area contributed by atoms with Crippen molar-refractivity contribution in [2.45, 2.75) is 39.2 Å². The maximum atomic E-state index is 11.4. The van der Waals surface area contributed by atoms with Crippen molar-refractivity contribution in [1.29, 1.82) is 0 Å². The number of hydrogen-bond acceptors (Lipinski definition) is 3. The third kappa shape index (κ3) is 8.39. The van der Waals surface area contributed by atoms with E-state index in [9.17, 15) is 4.79 Å². The van der Waals surface area contributed by atoms with Gasteiger partial charge in [-0.2, -0.15) is 0 Å². The van der Waals surface area contributed by atoms with Gasteiger partial charge in [-0.05, 0) is 18.8 Å². The lowest BCUT2D eigenvalue weighted by molar-refractivity contribution is -0.121. The Bertz CT molecular complexity index is 172. The first-order valence-corrected chi connectivity index (χ1v) is 5.59. The fraction of sp³-hybridized carbons (Fsp3) is 0.909. The molecule has 0 aromatic heterocycles. The minimum atomic E-state index is -0.0380. The van der Waals surface area contributed by atoms with E-state index in [4.69, 9.17) is 10.5 Å². The highest BCUT2D eigenvalue weighted by atomic mass is 16.5. The minimum Gasteiger partial charge on any atom is -0.385 e. The summed E-state index contributed by atoms with van der Waals surface area (Å²) in [5, 5.41) is 2.85. The molecular formula is C11H24N2O2. The molecule has 1 atom stereocenters. The van der Waals surface area contributed by atoms with Crippen LogP contribution in [0.4, 0.5) is 0 Å². The Labute approximate surface area is 92.6 Å². The first-order valence-electron chi connectivity index (χ1n) is 5.59. The molecule has 90 valence electrons. The summed E-state index contributed by atoms with van der Waals surface area (Å²) < 4.78 is 4.91. The Kier molecular flexibility index (Phi) is 8.33. The number of carbonyl (C=O) groups is 1. The molecule has 0 spiro atoms. The molecule has 0 aliphatic rings. The second kappa shape index (κ2) is 8.68. The van der Waals surface area contributed by atoms with Gasteiger partial charge >= 0.3 is 0 Å². The molecule has 0 saturated heterocycles. The van der Waals surface area contributed by atoms with Crippen molar-refractivity contribution in [3.05, 3.63) is 0 Å². The fourth-order valence-corrected chi connectivity index (χ4v) is 1.12. The third-order valence-electron chi connectivity index (χ3n) is 2.37. The predicted molar refractivity (Wildman–Crippen MR) is 61.6 cm³/mol. The predicted octanol–water partition coefficient (Wildman–Crippen LogP) is 0.903. The number of carbonyl (C=O) groups excluding carboxylic acids is 1. The summed E-state index contributed by atoms with van der Waals surface area (Å²) in [6, 6.07) is -0.0380. The van der Waals surface area contributed by atoms with Crippen molar-refractivity contribution in [2.75, 3.05) is 20.3 Å². The zero-order valence-electron chi connectivity index (χ0n) is 10.1. The van der Waals surface area contributed by atoms with Gasteiger partial charge in [0.15, 0.2) is 0 Å². The number of nitrogens with two attached hydrogens (primary N) is 1. The van der Waals surface area contributed by atoms with Crippen LogP contribution in [0.5, 0.6) is 0 Å². The fourth-order valence-electron chi connectivity index (χ4n) is 1.12. The van der Waals surface area contributed by atoms with Gasteiger partial charge in [0.2, 0.25) is 5.91 Å². The number of rotatable bonds is 8. The van der Waals surface area contributed by atoms with Gasteiger partial charge in [0.05, 0.1) is 0 Å². The maximum absolute atomic E-state index is 11.4. The Hall–Kier alpha value is -0.610. The SMILES string of the molecule is COCCCCNC(=O)CC(N)C(C)C. The van der Waals surface area contributed by atoms with Crippen LogP contribution in [0.25, 0.3) is 0 Å². The molecular weight excluding hydrogens is 192 g/mol. The highest BCUT2D eigenvalue weighted by Gasteiger charge is 2.11. The van der Waals surface area contributed by atoms with Crippen LogP contribution in [0.15, 0.2) is 0 Å². The molecule has 4 nitrogen and oxygen atoms in total. The van der Waals surface area contributed by atoms with E-state index in [1.807, 2.05) is 13.8 Å². The van der Waals surface area contributed by atoms with Crippen molar-refractivity contribution in [2.24, 2.45) is 11.7 Å². The van der Waals surface area contributed by atoms with E-state index in [0.29, 0.717) is 18.9 Å². The molecule has 0 fully saturated rings. The Morgan fingerprint density at radius 1 is 1.40 bits per heavy atom. The van der Waals surface area contributed by atoms with Gasteiger partial charge in [-0.3, -0.25) is 4.79 Å². The van der Waals surface area contributed by atoms with Crippen molar-refractivity contribution in [3.8, 4) is 0 Å². The van der Waals surface area contributed by atoms with Crippen LogP contribution in [-0.4, -0.2) is 32.2 Å². The van der Waals surface area contributed by atoms with Crippen LogP contribution < -0.4 is 11.1 Å². The average Bonchev–Trinajstić information content (AvgIpc) is 2.17. The number of nitrogens with one attached hydrogen (secondary N) is 1. The van der Waals surface area contributed by atoms with Gasteiger partial charge in [-0.1, -0.05) is 13.8 Å². The second-order valence-corrected chi connectivity index (χ2v) is 4.16. The molecule has 15 heavy (non-hydrogen) atoms. The highest BCUT2D eigenvalue weighted by Crippen LogP contribution is 2.02. The van der Waals surface area contributed by atoms with E-state index in [-0.39, 0.29) is 11.9 Å². The standard InChI is InChI=1S/C11H24N2O2/c1-9(2)10(12)8-11(14)13-6-4-5-7-15-3/h9-10H,4-8,12H2,1-3H3,(H,13,14). The van der Waals surface area contributed by atoms with E-state index in [0.717, 1.165) is 19.4 Å². The van der Waals surface area contributed by atoms with Crippen LogP contribution in [0.1, 0.15) is 33.1 Å². The summed E-state index contributed by atoms with van der Waals surface area (Å²) in [4.78, 5) is 11.4. The van der Waals surface area contributed by atoms with Gasteiger partial charge in [0.25, 0.3) is 0 Å². The molecule has 1 unspecified atom stereocenters. The van der Waals surface area contributed by atoms with Crippen LogP contribution in [-0.2, 0) is 9.53 Å². The summed E-state index contributed by atoms with van der Waals surface area (Å²) in [6.07, 6.45) is 2.35. The Morgan fingerprint density at radius 2 is 2.07 bits per heavy atom. The Morgan fingerprint density at radius 3 is 2.60 bits per heavy atom. The monoisotopic (exact) mass is 216 g/mol. The Balaban J connectivity index is 3.41. The quantitative estimate of drug-likeness (QED) is 0.593. The lowest BCUT2D eigenvalue weighted by Gasteiger charge is -2.14. The summed E-state index contributed by atoms with van der Waals surface area (Å²) >= 11 is 0. The van der Waals surface area contributed by atoms with E-state index >= 15 is 0 Å². The van der Waals surface area contributed by atoms with Crippen LogP contribution in [0, 0.1) is 5.92 Å². The van der Waals surface area contributed by atoms with Crippen molar-refractivity contribution in [1.82, 2.24) is 5.32 Å². The lowest BCUT2D eigenvalue weighted by Crippen LogP contribution is -2.35. The number of ether oxygens (including phenoxy) is 1. The van der Waals surface area contributed by atoms with Gasteiger partial charge in [0.1, 0.15) is 0 Å². The molecule has 0 bridgehead atoms. The van der Waals surface area contributed by atoms with Gasteiger partial charge < -0.3 is 15.8 Å². The van der Waals surface area contributed by atoms with Crippen molar-refractivity contribution < 1.29 is 9.53 Å². The second-order valence-electron chi connectivity index (χ2n) is 4.16. The van der Waals surface area contributed by atoms with Crippen LogP contribution in [0.3, 0.4) is 0 Å². The maximum Gasteiger partial charge on any atom is 0.221 e. The topological polar surface area (TPSA) is 64.3 Å². The van der Waals surface area contributed by atoms with E-state index in [2.05, 4.69) is 5.32 Å². The zero-order valence-corrected chi connectivity index (χ0v) is 10.1. The summed E-state index contributed by atoms with van der Waals surface area (Å²) in [6.45, 7) is 5.52. The van der Waals surface area contributed by atoms with Crippen LogP contribution in [0.2, 0.25) is 0 Å².